The highest BCUT2D eigenvalue weighted by Crippen LogP contribution is 2.47. The van der Waals surface area contributed by atoms with Gasteiger partial charge in [-0.2, -0.15) is 0 Å². The number of benzene rings is 1. The summed E-state index contributed by atoms with van der Waals surface area (Å²) in [6.45, 7) is -0.212. The van der Waals surface area contributed by atoms with Crippen molar-refractivity contribution < 1.29 is 27.8 Å². The topological polar surface area (TPSA) is 105 Å². The van der Waals surface area contributed by atoms with Gasteiger partial charge in [-0.15, -0.1) is 0 Å². The highest BCUT2D eigenvalue weighted by atomic mass is 32.2. The lowest BCUT2D eigenvalue weighted by atomic mass is 9.84. The molecular weight excluding hydrogens is 360 g/mol. The molecule has 0 spiro atoms. The van der Waals surface area contributed by atoms with E-state index in [0.29, 0.717) is 17.9 Å². The van der Waals surface area contributed by atoms with E-state index < -0.39 is 16.1 Å². The van der Waals surface area contributed by atoms with Crippen LogP contribution in [0.2, 0.25) is 0 Å². The lowest BCUT2D eigenvalue weighted by Crippen LogP contribution is -2.47. The van der Waals surface area contributed by atoms with Gasteiger partial charge in [-0.1, -0.05) is 0 Å². The molecule has 0 aromatic heterocycles. The van der Waals surface area contributed by atoms with Gasteiger partial charge < -0.3 is 19.5 Å². The summed E-state index contributed by atoms with van der Waals surface area (Å²) in [7, 11) is -0.00303. The van der Waals surface area contributed by atoms with Crippen molar-refractivity contribution in [3.63, 3.8) is 0 Å². The number of anilines is 1. The van der Waals surface area contributed by atoms with E-state index in [9.17, 15) is 18.3 Å². The molecule has 4 atom stereocenters. The average molecular weight is 384 g/mol. The summed E-state index contributed by atoms with van der Waals surface area (Å²) >= 11 is 0. The first-order valence-corrected chi connectivity index (χ1v) is 10.3. The Morgan fingerprint density at radius 3 is 2.73 bits per heavy atom. The third-order valence-corrected chi connectivity index (χ3v) is 5.31. The number of nitrogens with one attached hydrogen (secondary N) is 1. The van der Waals surface area contributed by atoms with Crippen LogP contribution in [0.5, 0.6) is 5.75 Å². The Kier molecular flexibility index (Phi) is 5.14. The number of ether oxygens (including phenoxy) is 2. The minimum Gasteiger partial charge on any atom is -0.487 e. The maximum Gasteiger partial charge on any atom is 0.229 e. The van der Waals surface area contributed by atoms with Gasteiger partial charge in [-0.05, 0) is 24.6 Å². The van der Waals surface area contributed by atoms with Crippen LogP contribution in [0.4, 0.5) is 5.69 Å². The molecule has 1 fully saturated rings. The Labute approximate surface area is 153 Å². The van der Waals surface area contributed by atoms with Crippen LogP contribution in [-0.2, 0) is 19.6 Å². The van der Waals surface area contributed by atoms with E-state index in [4.69, 9.17) is 9.47 Å². The van der Waals surface area contributed by atoms with Gasteiger partial charge in [0.2, 0.25) is 15.9 Å². The van der Waals surface area contributed by atoms with Crippen molar-refractivity contribution >= 4 is 21.6 Å². The van der Waals surface area contributed by atoms with E-state index in [0.717, 1.165) is 11.8 Å². The van der Waals surface area contributed by atoms with Crippen molar-refractivity contribution in [3.8, 4) is 5.75 Å². The maximum atomic E-state index is 12.0. The number of hydrogen-bond acceptors (Lipinski definition) is 6. The molecule has 2 N–H and O–H groups in total. The fourth-order valence-electron chi connectivity index (χ4n) is 3.54. The highest BCUT2D eigenvalue weighted by Gasteiger charge is 2.46. The highest BCUT2D eigenvalue weighted by molar-refractivity contribution is 7.92. The molecule has 0 aliphatic carbocycles. The van der Waals surface area contributed by atoms with Crippen molar-refractivity contribution in [2.24, 2.45) is 0 Å². The van der Waals surface area contributed by atoms with Gasteiger partial charge in [-0.25, -0.2) is 8.42 Å². The van der Waals surface area contributed by atoms with Gasteiger partial charge in [0.25, 0.3) is 0 Å². The first-order chi connectivity index (χ1) is 12.2. The number of aliphatic hydroxyl groups is 1. The fraction of sp³-hybridized carbons (Fsp3) is 0.588. The van der Waals surface area contributed by atoms with Gasteiger partial charge in [0, 0.05) is 31.3 Å². The normalized spacial score (nSPS) is 27.2. The number of sulfonamides is 1. The molecule has 2 aliphatic heterocycles. The van der Waals surface area contributed by atoms with Gasteiger partial charge in [-0.3, -0.25) is 9.52 Å². The predicted molar refractivity (Wildman–Crippen MR) is 95.7 cm³/mol. The lowest BCUT2D eigenvalue weighted by molar-refractivity contribution is -0.147. The Morgan fingerprint density at radius 1 is 1.38 bits per heavy atom. The van der Waals surface area contributed by atoms with Crippen LogP contribution in [0.3, 0.4) is 0 Å². The molecule has 9 heteroatoms. The summed E-state index contributed by atoms with van der Waals surface area (Å²) in [4.78, 5) is 13.5. The summed E-state index contributed by atoms with van der Waals surface area (Å²) in [6.07, 6.45) is 0.670. The summed E-state index contributed by atoms with van der Waals surface area (Å²) in [5.41, 5.74) is 1.33. The van der Waals surface area contributed by atoms with Crippen molar-refractivity contribution in [1.82, 2.24) is 4.90 Å². The molecule has 0 saturated carbocycles. The van der Waals surface area contributed by atoms with Crippen LogP contribution in [0.25, 0.3) is 0 Å². The standard InChI is InChI=1S/C17H24N2O6S/c1-19(2)16(21)8-11-7-13-12-6-10(18-26(3,22)23)4-5-14(12)25-17(13)15(9-20)24-11/h4-6,11,13,15,17-18,20H,7-9H2,1-3H3/t11-,13-,15+,17+/m0/s1. The summed E-state index contributed by atoms with van der Waals surface area (Å²) < 4.78 is 37.2. The fourth-order valence-corrected chi connectivity index (χ4v) is 4.10. The first kappa shape index (κ1) is 18.9. The number of carbonyl (C=O) groups is 1. The second kappa shape index (κ2) is 7.05. The smallest absolute Gasteiger partial charge is 0.229 e. The van der Waals surface area contributed by atoms with Crippen molar-refractivity contribution in [2.75, 3.05) is 31.7 Å². The molecule has 1 saturated heterocycles. The van der Waals surface area contributed by atoms with E-state index >= 15 is 0 Å². The van der Waals surface area contributed by atoms with Crippen LogP contribution in [0.15, 0.2) is 18.2 Å². The number of aliphatic hydroxyl groups excluding tert-OH is 1. The molecule has 8 nitrogen and oxygen atoms in total. The summed E-state index contributed by atoms with van der Waals surface area (Å²) in [6, 6.07) is 5.11. The molecule has 2 aliphatic rings. The zero-order valence-electron chi connectivity index (χ0n) is 15.0. The predicted octanol–water partition coefficient (Wildman–Crippen LogP) is 0.531. The molecule has 1 amide bonds. The van der Waals surface area contributed by atoms with Crippen molar-refractivity contribution in [2.45, 2.75) is 37.1 Å². The molecule has 1 aromatic carbocycles. The molecule has 0 unspecified atom stereocenters. The second-order valence-corrected chi connectivity index (χ2v) is 8.77. The minimum atomic E-state index is -3.38. The Morgan fingerprint density at radius 2 is 2.12 bits per heavy atom. The molecule has 0 radical (unpaired) electrons. The zero-order valence-corrected chi connectivity index (χ0v) is 15.8. The number of nitrogens with zero attached hydrogens (tertiary/aromatic N) is 1. The maximum absolute atomic E-state index is 12.0. The first-order valence-electron chi connectivity index (χ1n) is 8.43. The number of carbonyl (C=O) groups excluding carboxylic acids is 1. The largest absolute Gasteiger partial charge is 0.487 e. The number of fused-ring (bicyclic) bond motifs is 3. The monoisotopic (exact) mass is 384 g/mol. The molecule has 144 valence electrons. The SMILES string of the molecule is CN(C)C(=O)C[C@@H]1C[C@H]2c3cc(NS(C)(=O)=O)ccc3O[C@H]2[C@@H](CO)O1. The molecule has 3 rings (SSSR count). The van der Waals surface area contributed by atoms with Crippen molar-refractivity contribution in [1.29, 1.82) is 0 Å². The quantitative estimate of drug-likeness (QED) is 0.767. The van der Waals surface area contributed by atoms with Crippen LogP contribution < -0.4 is 9.46 Å². The Balaban J connectivity index is 1.85. The Hall–Kier alpha value is -1.84. The average Bonchev–Trinajstić information content (AvgIpc) is 2.90. The van der Waals surface area contributed by atoms with Crippen LogP contribution >= 0.6 is 0 Å². The summed E-state index contributed by atoms with van der Waals surface area (Å²) in [5.74, 6) is 0.537. The molecule has 0 bridgehead atoms. The van der Waals surface area contributed by atoms with Gasteiger partial charge in [0.1, 0.15) is 18.0 Å². The molecule has 26 heavy (non-hydrogen) atoms. The van der Waals surface area contributed by atoms with Gasteiger partial charge >= 0.3 is 0 Å². The molecule has 2 heterocycles. The van der Waals surface area contributed by atoms with Crippen LogP contribution in [0.1, 0.15) is 24.3 Å². The van der Waals surface area contributed by atoms with E-state index in [-0.39, 0.29) is 37.1 Å². The summed E-state index contributed by atoms with van der Waals surface area (Å²) in [5, 5.41) is 9.69. The van der Waals surface area contributed by atoms with Gasteiger partial charge in [0.15, 0.2) is 0 Å². The minimum absolute atomic E-state index is 0.0447. The lowest BCUT2D eigenvalue weighted by Gasteiger charge is -2.37. The van der Waals surface area contributed by atoms with Crippen LogP contribution in [-0.4, -0.2) is 69.6 Å². The van der Waals surface area contributed by atoms with Gasteiger partial charge in [0.05, 0.1) is 25.4 Å². The third kappa shape index (κ3) is 3.94. The zero-order chi connectivity index (χ0) is 19.1. The molecular formula is C17H24N2O6S. The van der Waals surface area contributed by atoms with Crippen LogP contribution in [0, 0.1) is 0 Å². The van der Waals surface area contributed by atoms with E-state index in [1.165, 1.54) is 4.90 Å². The number of rotatable bonds is 5. The van der Waals surface area contributed by atoms with E-state index in [1.54, 1.807) is 32.3 Å². The van der Waals surface area contributed by atoms with E-state index in [1.807, 2.05) is 0 Å². The number of amides is 1. The van der Waals surface area contributed by atoms with E-state index in [2.05, 4.69) is 4.72 Å². The third-order valence-electron chi connectivity index (χ3n) is 4.70. The number of hydrogen-bond donors (Lipinski definition) is 2. The Bertz CT molecular complexity index is 794. The second-order valence-electron chi connectivity index (χ2n) is 7.02. The van der Waals surface area contributed by atoms with Crippen molar-refractivity contribution in [3.05, 3.63) is 23.8 Å². The molecule has 1 aromatic rings.